The van der Waals surface area contributed by atoms with E-state index in [1.807, 2.05) is 19.9 Å². The van der Waals surface area contributed by atoms with Crippen LogP contribution in [0.3, 0.4) is 0 Å². The molecule has 1 aromatic heterocycles. The molecule has 0 saturated carbocycles. The van der Waals surface area contributed by atoms with Crippen LogP contribution in [0.4, 0.5) is 5.69 Å². The molecule has 16 heavy (non-hydrogen) atoms. The third-order valence-electron chi connectivity index (χ3n) is 2.12. The first kappa shape index (κ1) is 12.3. The summed E-state index contributed by atoms with van der Waals surface area (Å²) in [7, 11) is 0. The molecule has 0 aliphatic carbocycles. The second-order valence-electron chi connectivity index (χ2n) is 3.33. The molecule has 1 heterocycles. The van der Waals surface area contributed by atoms with E-state index in [0.29, 0.717) is 18.9 Å². The first-order chi connectivity index (χ1) is 7.67. The van der Waals surface area contributed by atoms with Gasteiger partial charge in [0.2, 0.25) is 11.8 Å². The molecule has 0 aromatic carbocycles. The topological polar surface area (TPSA) is 77.2 Å². The number of anilines is 1. The molecule has 0 fully saturated rings. The molecular weight excluding hydrogens is 206 g/mol. The minimum absolute atomic E-state index is 0.361. The van der Waals surface area contributed by atoms with Gasteiger partial charge in [0.05, 0.1) is 18.5 Å². The maximum absolute atomic E-state index is 11.0. The fraction of sp³-hybridized carbons (Fsp3) is 0.455. The van der Waals surface area contributed by atoms with E-state index in [-0.39, 0.29) is 11.9 Å². The van der Waals surface area contributed by atoms with Gasteiger partial charge in [0, 0.05) is 6.07 Å². The van der Waals surface area contributed by atoms with Crippen LogP contribution in [-0.4, -0.2) is 23.5 Å². The number of amides is 1. The highest BCUT2D eigenvalue weighted by Crippen LogP contribution is 2.13. The van der Waals surface area contributed by atoms with Crippen molar-refractivity contribution in [3.8, 4) is 5.88 Å². The molecule has 1 atom stereocenters. The van der Waals surface area contributed by atoms with E-state index in [2.05, 4.69) is 10.3 Å². The minimum Gasteiger partial charge on any atom is -0.478 e. The maximum Gasteiger partial charge on any atom is 0.239 e. The van der Waals surface area contributed by atoms with Gasteiger partial charge >= 0.3 is 0 Å². The summed E-state index contributed by atoms with van der Waals surface area (Å²) in [5, 5.41) is 3.00. The molecule has 3 N–H and O–H groups in total. The SMILES string of the molecule is CCOc1ccc(NC(CC)C(N)=O)cn1. The quantitative estimate of drug-likeness (QED) is 0.758. The van der Waals surface area contributed by atoms with Gasteiger partial charge in [-0.1, -0.05) is 6.92 Å². The van der Waals surface area contributed by atoms with Gasteiger partial charge in [-0.15, -0.1) is 0 Å². The molecular formula is C11H17N3O2. The largest absolute Gasteiger partial charge is 0.478 e. The molecule has 0 spiro atoms. The number of hydrogen-bond donors (Lipinski definition) is 2. The molecule has 0 radical (unpaired) electrons. The van der Waals surface area contributed by atoms with Crippen LogP contribution in [0.2, 0.25) is 0 Å². The number of hydrogen-bond acceptors (Lipinski definition) is 4. The van der Waals surface area contributed by atoms with Crippen LogP contribution in [0.1, 0.15) is 20.3 Å². The summed E-state index contributed by atoms with van der Waals surface area (Å²) in [6.45, 7) is 4.37. The second kappa shape index (κ2) is 5.95. The molecule has 5 heteroatoms. The zero-order valence-corrected chi connectivity index (χ0v) is 9.56. The van der Waals surface area contributed by atoms with E-state index in [0.717, 1.165) is 5.69 Å². The Bertz CT molecular complexity index is 338. The van der Waals surface area contributed by atoms with Crippen LogP contribution >= 0.6 is 0 Å². The monoisotopic (exact) mass is 223 g/mol. The van der Waals surface area contributed by atoms with Crippen LogP contribution in [0.15, 0.2) is 18.3 Å². The van der Waals surface area contributed by atoms with Crippen LogP contribution < -0.4 is 15.8 Å². The van der Waals surface area contributed by atoms with E-state index in [4.69, 9.17) is 10.5 Å². The molecule has 1 amide bonds. The normalized spacial score (nSPS) is 11.9. The molecule has 0 aliphatic heterocycles. The van der Waals surface area contributed by atoms with E-state index >= 15 is 0 Å². The zero-order chi connectivity index (χ0) is 12.0. The lowest BCUT2D eigenvalue weighted by atomic mass is 10.2. The van der Waals surface area contributed by atoms with E-state index in [9.17, 15) is 4.79 Å². The summed E-state index contributed by atoms with van der Waals surface area (Å²) < 4.78 is 5.21. The number of primary amides is 1. The third kappa shape index (κ3) is 3.42. The van der Waals surface area contributed by atoms with Crippen molar-refractivity contribution in [2.45, 2.75) is 26.3 Å². The van der Waals surface area contributed by atoms with E-state index in [1.165, 1.54) is 0 Å². The highest BCUT2D eigenvalue weighted by atomic mass is 16.5. The summed E-state index contributed by atoms with van der Waals surface area (Å²) in [5.74, 6) is 0.205. The van der Waals surface area contributed by atoms with Gasteiger partial charge in [0.25, 0.3) is 0 Å². The second-order valence-corrected chi connectivity index (χ2v) is 3.33. The van der Waals surface area contributed by atoms with Crippen molar-refractivity contribution in [1.29, 1.82) is 0 Å². The van der Waals surface area contributed by atoms with Crippen molar-refractivity contribution in [2.75, 3.05) is 11.9 Å². The van der Waals surface area contributed by atoms with Crippen LogP contribution in [0.25, 0.3) is 0 Å². The average molecular weight is 223 g/mol. The molecule has 0 saturated heterocycles. The number of nitrogens with two attached hydrogens (primary N) is 1. The highest BCUT2D eigenvalue weighted by molar-refractivity contribution is 5.82. The minimum atomic E-state index is -0.364. The van der Waals surface area contributed by atoms with Gasteiger partial charge in [0.15, 0.2) is 0 Å². The van der Waals surface area contributed by atoms with Crippen molar-refractivity contribution in [3.63, 3.8) is 0 Å². The van der Waals surface area contributed by atoms with Crippen molar-refractivity contribution in [3.05, 3.63) is 18.3 Å². The molecule has 5 nitrogen and oxygen atoms in total. The summed E-state index contributed by atoms with van der Waals surface area (Å²) in [6.07, 6.45) is 2.26. The first-order valence-corrected chi connectivity index (χ1v) is 5.32. The van der Waals surface area contributed by atoms with Gasteiger partial charge in [-0.3, -0.25) is 4.79 Å². The summed E-state index contributed by atoms with van der Waals surface area (Å²) in [5.41, 5.74) is 5.98. The predicted octanol–water partition coefficient (Wildman–Crippen LogP) is 1.16. The van der Waals surface area contributed by atoms with Gasteiger partial charge in [-0.2, -0.15) is 0 Å². The molecule has 1 aromatic rings. The summed E-state index contributed by atoms with van der Waals surface area (Å²) >= 11 is 0. The third-order valence-corrected chi connectivity index (χ3v) is 2.12. The number of nitrogens with zero attached hydrogens (tertiary/aromatic N) is 1. The maximum atomic E-state index is 11.0. The van der Waals surface area contributed by atoms with Crippen LogP contribution in [0.5, 0.6) is 5.88 Å². The Morgan fingerprint density at radius 1 is 1.56 bits per heavy atom. The van der Waals surface area contributed by atoms with Crippen molar-refractivity contribution in [1.82, 2.24) is 4.98 Å². The van der Waals surface area contributed by atoms with Gasteiger partial charge in [-0.05, 0) is 19.4 Å². The van der Waals surface area contributed by atoms with E-state index < -0.39 is 0 Å². The molecule has 88 valence electrons. The smallest absolute Gasteiger partial charge is 0.239 e. The van der Waals surface area contributed by atoms with Gasteiger partial charge in [-0.25, -0.2) is 4.98 Å². The highest BCUT2D eigenvalue weighted by Gasteiger charge is 2.11. The Labute approximate surface area is 95.0 Å². The summed E-state index contributed by atoms with van der Waals surface area (Å²) in [6, 6.07) is 3.20. The molecule has 0 bridgehead atoms. The van der Waals surface area contributed by atoms with Crippen LogP contribution in [0, 0.1) is 0 Å². The van der Waals surface area contributed by atoms with E-state index in [1.54, 1.807) is 12.3 Å². The zero-order valence-electron chi connectivity index (χ0n) is 9.56. The number of nitrogens with one attached hydrogen (secondary N) is 1. The number of carbonyl (C=O) groups is 1. The Balaban J connectivity index is 2.63. The lowest BCUT2D eigenvalue weighted by molar-refractivity contribution is -0.118. The lowest BCUT2D eigenvalue weighted by Crippen LogP contribution is -2.34. The van der Waals surface area contributed by atoms with Crippen molar-refractivity contribution < 1.29 is 9.53 Å². The number of ether oxygens (including phenoxy) is 1. The Hall–Kier alpha value is -1.78. The van der Waals surface area contributed by atoms with Gasteiger partial charge in [0.1, 0.15) is 6.04 Å². The Morgan fingerprint density at radius 3 is 2.75 bits per heavy atom. The Kier molecular flexibility index (Phi) is 4.57. The van der Waals surface area contributed by atoms with Crippen molar-refractivity contribution >= 4 is 11.6 Å². The molecule has 0 aliphatic rings. The number of pyridine rings is 1. The predicted molar refractivity (Wildman–Crippen MR) is 62.3 cm³/mol. The number of carbonyl (C=O) groups excluding carboxylic acids is 1. The fourth-order valence-electron chi connectivity index (χ4n) is 1.27. The lowest BCUT2D eigenvalue weighted by Gasteiger charge is -2.14. The Morgan fingerprint density at radius 2 is 2.31 bits per heavy atom. The average Bonchev–Trinajstić information content (AvgIpc) is 2.28. The fourth-order valence-corrected chi connectivity index (χ4v) is 1.27. The summed E-state index contributed by atoms with van der Waals surface area (Å²) in [4.78, 5) is 15.1. The molecule has 1 rings (SSSR count). The standard InChI is InChI=1S/C11H17N3O2/c1-3-9(11(12)15)14-8-5-6-10(13-7-8)16-4-2/h5-7,9,14H,3-4H2,1-2H3,(H2,12,15). The number of rotatable bonds is 6. The number of aromatic nitrogens is 1. The van der Waals surface area contributed by atoms with Crippen LogP contribution in [-0.2, 0) is 4.79 Å². The van der Waals surface area contributed by atoms with Gasteiger partial charge < -0.3 is 15.8 Å². The first-order valence-electron chi connectivity index (χ1n) is 5.32. The van der Waals surface area contributed by atoms with Crippen molar-refractivity contribution in [2.24, 2.45) is 5.73 Å². The molecule has 1 unspecified atom stereocenters.